The number of ketones is 2. The molecule has 5 atom stereocenters. The molecule has 1 N–H and O–H groups in total. The van der Waals surface area contributed by atoms with E-state index in [9.17, 15) is 9.59 Å². The van der Waals surface area contributed by atoms with Crippen LogP contribution in [0.1, 0.15) is 39.0 Å². The van der Waals surface area contributed by atoms with E-state index in [1.807, 2.05) is 0 Å². The quantitative estimate of drug-likeness (QED) is 0.734. The molecule has 4 aliphatic carbocycles. The van der Waals surface area contributed by atoms with E-state index in [-0.39, 0.29) is 29.1 Å². The third-order valence-corrected chi connectivity index (χ3v) is 6.01. The molecular formula is C16H19NO2. The Labute approximate surface area is 113 Å². The predicted octanol–water partition coefficient (Wildman–Crippen LogP) is 2.55. The van der Waals surface area contributed by atoms with E-state index in [1.165, 1.54) is 24.0 Å². The van der Waals surface area contributed by atoms with Crippen LogP contribution in [0.3, 0.4) is 0 Å². The van der Waals surface area contributed by atoms with Crippen molar-refractivity contribution >= 4 is 17.3 Å². The van der Waals surface area contributed by atoms with E-state index < -0.39 is 0 Å². The van der Waals surface area contributed by atoms with Crippen LogP contribution < -0.4 is 0 Å². The normalized spacial score (nSPS) is 44.1. The van der Waals surface area contributed by atoms with Gasteiger partial charge in [-0.1, -0.05) is 18.1 Å². The molecule has 0 saturated heterocycles. The fraction of sp³-hybridized carbons (Fsp3) is 0.688. The zero-order valence-corrected chi connectivity index (χ0v) is 11.2. The van der Waals surface area contributed by atoms with E-state index >= 15 is 0 Å². The van der Waals surface area contributed by atoms with E-state index in [0.717, 1.165) is 19.3 Å². The van der Waals surface area contributed by atoms with E-state index in [4.69, 9.17) is 5.41 Å². The highest BCUT2D eigenvalue weighted by atomic mass is 16.2. The fourth-order valence-corrected chi connectivity index (χ4v) is 5.36. The molecule has 19 heavy (non-hydrogen) atoms. The fourth-order valence-electron chi connectivity index (χ4n) is 5.36. The molecule has 0 aromatic heterocycles. The maximum atomic E-state index is 12.2. The number of carbonyl (C=O) groups is 2. The minimum absolute atomic E-state index is 0.153. The highest BCUT2D eigenvalue weighted by Crippen LogP contribution is 2.62. The Hall–Kier alpha value is -1.25. The van der Waals surface area contributed by atoms with Gasteiger partial charge in [0.1, 0.15) is 5.71 Å². The van der Waals surface area contributed by atoms with Crippen LogP contribution in [0.2, 0.25) is 0 Å². The number of carbonyl (C=O) groups excluding carboxylic acids is 2. The molecule has 2 fully saturated rings. The van der Waals surface area contributed by atoms with Gasteiger partial charge in [-0.25, -0.2) is 0 Å². The SMILES string of the molecule is CCC1CCCC2=C1C1CC2C2C(=O)C(=N)C(=O)C12. The Balaban J connectivity index is 1.81. The zero-order valence-electron chi connectivity index (χ0n) is 11.2. The molecule has 0 heterocycles. The van der Waals surface area contributed by atoms with Crippen molar-refractivity contribution in [3.63, 3.8) is 0 Å². The maximum absolute atomic E-state index is 12.2. The van der Waals surface area contributed by atoms with Crippen molar-refractivity contribution in [2.24, 2.45) is 29.6 Å². The van der Waals surface area contributed by atoms with Gasteiger partial charge in [-0.3, -0.25) is 15.0 Å². The van der Waals surface area contributed by atoms with Crippen molar-refractivity contribution in [1.29, 1.82) is 5.41 Å². The van der Waals surface area contributed by atoms with Gasteiger partial charge in [-0.05, 0) is 49.9 Å². The van der Waals surface area contributed by atoms with Gasteiger partial charge in [0.2, 0.25) is 0 Å². The van der Waals surface area contributed by atoms with Crippen LogP contribution in [0.25, 0.3) is 0 Å². The van der Waals surface area contributed by atoms with Gasteiger partial charge in [-0.15, -0.1) is 0 Å². The predicted molar refractivity (Wildman–Crippen MR) is 71.0 cm³/mol. The first kappa shape index (κ1) is 11.6. The molecule has 4 aliphatic rings. The number of rotatable bonds is 1. The molecule has 100 valence electrons. The summed E-state index contributed by atoms with van der Waals surface area (Å²) in [5, 5.41) is 7.71. The van der Waals surface area contributed by atoms with E-state index in [0.29, 0.717) is 17.8 Å². The van der Waals surface area contributed by atoms with Crippen molar-refractivity contribution in [3.8, 4) is 0 Å². The average Bonchev–Trinajstić information content (AvgIpc) is 3.06. The first-order valence-electron chi connectivity index (χ1n) is 7.55. The number of hydrogen-bond acceptors (Lipinski definition) is 3. The summed E-state index contributed by atoms with van der Waals surface area (Å²) in [5.41, 5.74) is 2.84. The third kappa shape index (κ3) is 1.22. The Bertz CT molecular complexity index is 545. The Kier molecular flexibility index (Phi) is 2.22. The minimum atomic E-state index is -0.211. The van der Waals surface area contributed by atoms with Crippen LogP contribution in [0, 0.1) is 35.0 Å². The smallest absolute Gasteiger partial charge is 0.188 e. The lowest BCUT2D eigenvalue weighted by molar-refractivity contribution is -0.120. The molecule has 2 saturated carbocycles. The Morgan fingerprint density at radius 3 is 2.53 bits per heavy atom. The second-order valence-electron chi connectivity index (χ2n) is 6.58. The maximum Gasteiger partial charge on any atom is 0.188 e. The summed E-state index contributed by atoms with van der Waals surface area (Å²) in [6.45, 7) is 2.23. The highest BCUT2D eigenvalue weighted by molar-refractivity contribution is 6.69. The monoisotopic (exact) mass is 257 g/mol. The van der Waals surface area contributed by atoms with Crippen LogP contribution in [0.4, 0.5) is 0 Å². The van der Waals surface area contributed by atoms with Crippen LogP contribution in [0.15, 0.2) is 11.1 Å². The van der Waals surface area contributed by atoms with Crippen molar-refractivity contribution in [2.45, 2.75) is 39.0 Å². The van der Waals surface area contributed by atoms with Crippen LogP contribution in [0.5, 0.6) is 0 Å². The molecule has 3 heteroatoms. The van der Waals surface area contributed by atoms with Gasteiger partial charge in [0.25, 0.3) is 0 Å². The van der Waals surface area contributed by atoms with Gasteiger partial charge >= 0.3 is 0 Å². The summed E-state index contributed by atoms with van der Waals surface area (Å²) in [5.74, 6) is 0.614. The average molecular weight is 257 g/mol. The molecule has 5 unspecified atom stereocenters. The van der Waals surface area contributed by atoms with Crippen molar-refractivity contribution in [3.05, 3.63) is 11.1 Å². The summed E-state index contributed by atoms with van der Waals surface area (Å²) in [4.78, 5) is 24.3. The van der Waals surface area contributed by atoms with Gasteiger partial charge in [0.05, 0.1) is 0 Å². The number of allylic oxidation sites excluding steroid dienone is 2. The Morgan fingerprint density at radius 2 is 1.84 bits per heavy atom. The number of hydrogen-bond donors (Lipinski definition) is 1. The number of fused-ring (bicyclic) bond motifs is 7. The largest absolute Gasteiger partial charge is 0.294 e. The van der Waals surface area contributed by atoms with Gasteiger partial charge < -0.3 is 0 Å². The first-order valence-corrected chi connectivity index (χ1v) is 7.55. The Morgan fingerprint density at radius 1 is 1.16 bits per heavy atom. The van der Waals surface area contributed by atoms with Crippen LogP contribution in [-0.4, -0.2) is 17.3 Å². The lowest BCUT2D eigenvalue weighted by Gasteiger charge is -2.35. The molecule has 0 aromatic rings. The molecule has 3 nitrogen and oxygen atoms in total. The lowest BCUT2D eigenvalue weighted by Crippen LogP contribution is -2.31. The van der Waals surface area contributed by atoms with Gasteiger partial charge in [0, 0.05) is 11.8 Å². The van der Waals surface area contributed by atoms with Crippen LogP contribution in [-0.2, 0) is 9.59 Å². The van der Waals surface area contributed by atoms with Gasteiger partial charge in [0.15, 0.2) is 11.6 Å². The molecule has 0 aliphatic heterocycles. The van der Waals surface area contributed by atoms with E-state index in [1.54, 1.807) is 0 Å². The molecule has 4 rings (SSSR count). The summed E-state index contributed by atoms with van der Waals surface area (Å²) in [7, 11) is 0. The molecule has 2 bridgehead atoms. The molecule has 0 amide bonds. The molecular weight excluding hydrogens is 238 g/mol. The minimum Gasteiger partial charge on any atom is -0.294 e. The van der Waals surface area contributed by atoms with Gasteiger partial charge in [-0.2, -0.15) is 0 Å². The molecule has 0 spiro atoms. The van der Waals surface area contributed by atoms with Crippen LogP contribution >= 0.6 is 0 Å². The van der Waals surface area contributed by atoms with Crippen molar-refractivity contribution in [1.82, 2.24) is 0 Å². The number of Topliss-reactive ketones (excluding diaryl/α,β-unsaturated/α-hetero) is 2. The number of nitrogens with one attached hydrogen (secondary N) is 1. The molecule has 0 radical (unpaired) electrons. The van der Waals surface area contributed by atoms with Crippen molar-refractivity contribution < 1.29 is 9.59 Å². The second kappa shape index (κ2) is 3.65. The standard InChI is InChI=1S/C16H19NO2/c1-2-7-4-3-5-8-9-6-10(11(7)8)13-12(9)15(18)14(17)16(13)19/h7,9-10,12-13,17H,2-6H2,1H3. The second-order valence-corrected chi connectivity index (χ2v) is 6.58. The molecule has 0 aromatic carbocycles. The van der Waals surface area contributed by atoms with E-state index in [2.05, 4.69) is 6.92 Å². The summed E-state index contributed by atoms with van der Waals surface area (Å²) in [6.07, 6.45) is 5.78. The third-order valence-electron chi connectivity index (χ3n) is 6.01. The highest BCUT2D eigenvalue weighted by Gasteiger charge is 2.63. The topological polar surface area (TPSA) is 58.0 Å². The zero-order chi connectivity index (χ0) is 13.3. The summed E-state index contributed by atoms with van der Waals surface area (Å²) in [6, 6.07) is 0. The lowest BCUT2D eigenvalue weighted by atomic mass is 9.68. The summed E-state index contributed by atoms with van der Waals surface area (Å²) < 4.78 is 0. The van der Waals surface area contributed by atoms with Crippen molar-refractivity contribution in [2.75, 3.05) is 0 Å². The summed E-state index contributed by atoms with van der Waals surface area (Å²) >= 11 is 0. The first-order chi connectivity index (χ1) is 9.15.